The molecule has 0 saturated heterocycles. The maximum absolute atomic E-state index is 13.9. The van der Waals surface area contributed by atoms with Crippen LogP contribution in [0.3, 0.4) is 0 Å². The number of rotatable bonds is 7. The van der Waals surface area contributed by atoms with Crippen molar-refractivity contribution in [3.8, 4) is 5.75 Å². The molecule has 0 unspecified atom stereocenters. The smallest absolute Gasteiger partial charge is 0.223 e. The lowest BCUT2D eigenvalue weighted by Crippen LogP contribution is -2.30. The average Bonchev–Trinajstić information content (AvgIpc) is 2.60. The molecule has 5 heteroatoms. The van der Waals surface area contributed by atoms with E-state index in [-0.39, 0.29) is 18.3 Å². The maximum atomic E-state index is 13.9. The Morgan fingerprint density at radius 1 is 1.25 bits per heavy atom. The largest absolute Gasteiger partial charge is 0.497 e. The molecule has 0 aliphatic rings. The van der Waals surface area contributed by atoms with Crippen molar-refractivity contribution in [2.45, 2.75) is 26.3 Å². The predicted octanol–water partition coefficient (Wildman–Crippen LogP) is 4.58. The van der Waals surface area contributed by atoms with Gasteiger partial charge in [0.05, 0.1) is 7.11 Å². The number of amides is 1. The first kappa shape index (κ1) is 18.5. The van der Waals surface area contributed by atoms with E-state index < -0.39 is 0 Å². The highest BCUT2D eigenvalue weighted by Gasteiger charge is 2.14. The molecular formula is C19H21BrFNO2. The molecule has 0 heterocycles. The molecule has 0 atom stereocenters. The van der Waals surface area contributed by atoms with Crippen molar-refractivity contribution in [3.05, 3.63) is 63.9 Å². The minimum absolute atomic E-state index is 0.0136. The minimum Gasteiger partial charge on any atom is -0.497 e. The van der Waals surface area contributed by atoms with Crippen LogP contribution in [0, 0.1) is 5.82 Å². The number of benzene rings is 2. The van der Waals surface area contributed by atoms with E-state index in [2.05, 4.69) is 15.9 Å². The van der Waals surface area contributed by atoms with Gasteiger partial charge < -0.3 is 9.64 Å². The van der Waals surface area contributed by atoms with Gasteiger partial charge >= 0.3 is 0 Å². The summed E-state index contributed by atoms with van der Waals surface area (Å²) in [7, 11) is 1.62. The van der Waals surface area contributed by atoms with E-state index in [0.717, 1.165) is 15.8 Å². The van der Waals surface area contributed by atoms with Gasteiger partial charge in [0.25, 0.3) is 0 Å². The van der Waals surface area contributed by atoms with E-state index >= 15 is 0 Å². The van der Waals surface area contributed by atoms with Crippen LogP contribution in [0.2, 0.25) is 0 Å². The average molecular weight is 394 g/mol. The summed E-state index contributed by atoms with van der Waals surface area (Å²) in [5.74, 6) is 0.500. The Morgan fingerprint density at radius 3 is 2.75 bits per heavy atom. The van der Waals surface area contributed by atoms with Crippen molar-refractivity contribution in [2.24, 2.45) is 0 Å². The Kier molecular flexibility index (Phi) is 6.79. The van der Waals surface area contributed by atoms with Gasteiger partial charge in [0, 0.05) is 29.5 Å². The Morgan fingerprint density at radius 2 is 2.04 bits per heavy atom. The summed E-state index contributed by atoms with van der Waals surface area (Å²) in [4.78, 5) is 14.1. The van der Waals surface area contributed by atoms with Crippen LogP contribution >= 0.6 is 15.9 Å². The summed E-state index contributed by atoms with van der Waals surface area (Å²) < 4.78 is 19.9. The highest BCUT2D eigenvalue weighted by molar-refractivity contribution is 9.10. The zero-order valence-corrected chi connectivity index (χ0v) is 15.5. The fourth-order valence-corrected chi connectivity index (χ4v) is 2.89. The van der Waals surface area contributed by atoms with Gasteiger partial charge in [-0.3, -0.25) is 4.79 Å². The quantitative estimate of drug-likeness (QED) is 0.688. The monoisotopic (exact) mass is 393 g/mol. The van der Waals surface area contributed by atoms with Crippen molar-refractivity contribution in [3.63, 3.8) is 0 Å². The molecule has 3 nitrogen and oxygen atoms in total. The summed E-state index contributed by atoms with van der Waals surface area (Å²) in [5.41, 5.74) is 1.56. The number of ether oxygens (including phenoxy) is 1. The number of aryl methyl sites for hydroxylation is 1. The van der Waals surface area contributed by atoms with Gasteiger partial charge in [-0.1, -0.05) is 28.1 Å². The Labute approximate surface area is 150 Å². The third kappa shape index (κ3) is 5.06. The fourth-order valence-electron chi connectivity index (χ4n) is 2.48. The molecule has 0 radical (unpaired) electrons. The Bertz CT molecular complexity index is 706. The number of hydrogen-bond acceptors (Lipinski definition) is 2. The number of carbonyl (C=O) groups excluding carboxylic acids is 1. The predicted molar refractivity (Wildman–Crippen MR) is 96.5 cm³/mol. The summed E-state index contributed by atoms with van der Waals surface area (Å²) in [6.45, 7) is 2.72. The van der Waals surface area contributed by atoms with Crippen LogP contribution in [0.4, 0.5) is 4.39 Å². The molecule has 0 aliphatic carbocycles. The zero-order chi connectivity index (χ0) is 17.5. The van der Waals surface area contributed by atoms with Crippen molar-refractivity contribution in [1.29, 1.82) is 0 Å². The SMILES string of the molecule is CCN(Cc1cc(Br)ccc1F)C(=O)CCc1cccc(OC)c1. The summed E-state index contributed by atoms with van der Waals surface area (Å²) in [6, 6.07) is 12.5. The van der Waals surface area contributed by atoms with E-state index in [1.54, 1.807) is 24.1 Å². The van der Waals surface area contributed by atoms with Crippen LogP contribution in [-0.2, 0) is 17.8 Å². The van der Waals surface area contributed by atoms with E-state index in [1.807, 2.05) is 31.2 Å². The van der Waals surface area contributed by atoms with Gasteiger partial charge in [-0.2, -0.15) is 0 Å². The van der Waals surface area contributed by atoms with Gasteiger partial charge in [0.15, 0.2) is 0 Å². The first-order valence-electron chi connectivity index (χ1n) is 7.88. The highest BCUT2D eigenvalue weighted by atomic mass is 79.9. The summed E-state index contributed by atoms with van der Waals surface area (Å²) in [6.07, 6.45) is 1.02. The first-order chi connectivity index (χ1) is 11.5. The fraction of sp³-hybridized carbons (Fsp3) is 0.316. The molecule has 0 bridgehead atoms. The highest BCUT2D eigenvalue weighted by Crippen LogP contribution is 2.18. The topological polar surface area (TPSA) is 29.5 Å². The Balaban J connectivity index is 1.99. The molecule has 2 aromatic carbocycles. The third-order valence-electron chi connectivity index (χ3n) is 3.87. The van der Waals surface area contributed by atoms with Crippen LogP contribution in [0.1, 0.15) is 24.5 Å². The van der Waals surface area contributed by atoms with Crippen molar-refractivity contribution in [2.75, 3.05) is 13.7 Å². The molecule has 1 amide bonds. The lowest BCUT2D eigenvalue weighted by Gasteiger charge is -2.21. The number of nitrogens with zero attached hydrogens (tertiary/aromatic N) is 1. The summed E-state index contributed by atoms with van der Waals surface area (Å²) in [5, 5.41) is 0. The second-order valence-electron chi connectivity index (χ2n) is 5.50. The third-order valence-corrected chi connectivity index (χ3v) is 4.36. The van der Waals surface area contributed by atoms with Crippen LogP contribution in [-0.4, -0.2) is 24.5 Å². The molecule has 0 aliphatic heterocycles. The molecule has 0 aromatic heterocycles. The zero-order valence-electron chi connectivity index (χ0n) is 13.9. The molecule has 2 rings (SSSR count). The van der Waals surface area contributed by atoms with Crippen molar-refractivity contribution in [1.82, 2.24) is 4.90 Å². The van der Waals surface area contributed by atoms with E-state index in [1.165, 1.54) is 6.07 Å². The first-order valence-corrected chi connectivity index (χ1v) is 8.67. The van der Waals surface area contributed by atoms with Crippen molar-refractivity contribution < 1.29 is 13.9 Å². The maximum Gasteiger partial charge on any atom is 0.223 e. The van der Waals surface area contributed by atoms with Gasteiger partial charge in [-0.15, -0.1) is 0 Å². The molecule has 0 saturated carbocycles. The van der Waals surface area contributed by atoms with E-state index in [4.69, 9.17) is 4.74 Å². The second-order valence-corrected chi connectivity index (χ2v) is 6.41. The van der Waals surface area contributed by atoms with Gasteiger partial charge in [-0.25, -0.2) is 4.39 Å². The summed E-state index contributed by atoms with van der Waals surface area (Å²) >= 11 is 3.34. The van der Waals surface area contributed by atoms with E-state index in [0.29, 0.717) is 24.9 Å². The molecule has 24 heavy (non-hydrogen) atoms. The molecule has 2 aromatic rings. The number of halogens is 2. The Hall–Kier alpha value is -1.88. The van der Waals surface area contributed by atoms with Gasteiger partial charge in [-0.05, 0) is 49.2 Å². The van der Waals surface area contributed by atoms with Crippen molar-refractivity contribution >= 4 is 21.8 Å². The normalized spacial score (nSPS) is 10.5. The number of methoxy groups -OCH3 is 1. The lowest BCUT2D eigenvalue weighted by molar-refractivity contribution is -0.131. The van der Waals surface area contributed by atoms with Crippen LogP contribution in [0.5, 0.6) is 5.75 Å². The van der Waals surface area contributed by atoms with Crippen LogP contribution in [0.25, 0.3) is 0 Å². The van der Waals surface area contributed by atoms with Gasteiger partial charge in [0.1, 0.15) is 11.6 Å². The number of hydrogen-bond donors (Lipinski definition) is 0. The second kappa shape index (κ2) is 8.83. The molecule has 0 N–H and O–H groups in total. The molecular weight excluding hydrogens is 373 g/mol. The van der Waals surface area contributed by atoms with Gasteiger partial charge in [0.2, 0.25) is 5.91 Å². The van der Waals surface area contributed by atoms with Crippen LogP contribution < -0.4 is 4.74 Å². The van der Waals surface area contributed by atoms with E-state index in [9.17, 15) is 9.18 Å². The minimum atomic E-state index is -0.294. The standard InChI is InChI=1S/C19H21BrFNO2/c1-3-22(13-15-12-16(20)8-9-18(15)21)19(23)10-7-14-5-4-6-17(11-14)24-2/h4-6,8-9,11-12H,3,7,10,13H2,1-2H3. The molecule has 128 valence electrons. The molecule has 0 fully saturated rings. The molecule has 0 spiro atoms. The number of carbonyl (C=O) groups is 1. The lowest BCUT2D eigenvalue weighted by atomic mass is 10.1. The van der Waals surface area contributed by atoms with Crippen LogP contribution in [0.15, 0.2) is 46.9 Å².